The van der Waals surface area contributed by atoms with Gasteiger partial charge in [0.05, 0.1) is 12.3 Å². The number of carbonyl (C=O) groups excluding carboxylic acids is 1. The lowest BCUT2D eigenvalue weighted by molar-refractivity contribution is -0.121. The van der Waals surface area contributed by atoms with E-state index in [0.29, 0.717) is 12.1 Å². The normalized spacial score (nSPS) is 13.0. The summed E-state index contributed by atoms with van der Waals surface area (Å²) < 4.78 is 37.8. The number of nitrogens with one attached hydrogen (secondary N) is 2. The molecule has 106 valence electrons. The van der Waals surface area contributed by atoms with Crippen LogP contribution in [0.15, 0.2) is 24.3 Å². The zero-order valence-corrected chi connectivity index (χ0v) is 11.6. The summed E-state index contributed by atoms with van der Waals surface area (Å²) in [5.41, 5.74) is 0.540. The van der Waals surface area contributed by atoms with Gasteiger partial charge in [-0.15, -0.1) is 0 Å². The molecule has 19 heavy (non-hydrogen) atoms. The Labute approximate surface area is 112 Å². The van der Waals surface area contributed by atoms with Gasteiger partial charge in [0.25, 0.3) is 0 Å². The first-order valence-electron chi connectivity index (χ1n) is 5.81. The molecule has 0 bridgehead atoms. The quantitative estimate of drug-likeness (QED) is 0.818. The molecule has 1 amide bonds. The SMILES string of the molecule is CCNC(=O)CC(NS(C)(=O)=O)c1ccc(F)cc1. The minimum atomic E-state index is -3.47. The molecule has 1 unspecified atom stereocenters. The first-order valence-corrected chi connectivity index (χ1v) is 7.70. The van der Waals surface area contributed by atoms with Crippen molar-refractivity contribution in [2.24, 2.45) is 0 Å². The van der Waals surface area contributed by atoms with E-state index < -0.39 is 21.9 Å². The van der Waals surface area contributed by atoms with Crippen LogP contribution < -0.4 is 10.0 Å². The number of halogens is 1. The first kappa shape index (κ1) is 15.6. The second kappa shape index (κ2) is 6.63. The monoisotopic (exact) mass is 288 g/mol. The highest BCUT2D eigenvalue weighted by atomic mass is 32.2. The van der Waals surface area contributed by atoms with E-state index in [0.717, 1.165) is 6.26 Å². The fourth-order valence-electron chi connectivity index (χ4n) is 1.64. The maximum absolute atomic E-state index is 12.9. The van der Waals surface area contributed by atoms with Gasteiger partial charge in [-0.05, 0) is 24.6 Å². The molecule has 5 nitrogen and oxygen atoms in total. The third-order valence-electron chi connectivity index (χ3n) is 2.39. The predicted molar refractivity (Wildman–Crippen MR) is 70.4 cm³/mol. The molecular weight excluding hydrogens is 271 g/mol. The van der Waals surface area contributed by atoms with Crippen molar-refractivity contribution in [2.75, 3.05) is 12.8 Å². The highest BCUT2D eigenvalue weighted by Gasteiger charge is 2.19. The van der Waals surface area contributed by atoms with Gasteiger partial charge < -0.3 is 5.32 Å². The largest absolute Gasteiger partial charge is 0.356 e. The summed E-state index contributed by atoms with van der Waals surface area (Å²) in [5.74, 6) is -0.687. The Balaban J connectivity index is 2.91. The minimum Gasteiger partial charge on any atom is -0.356 e. The maximum Gasteiger partial charge on any atom is 0.221 e. The highest BCUT2D eigenvalue weighted by Crippen LogP contribution is 2.18. The Kier molecular flexibility index (Phi) is 5.44. The smallest absolute Gasteiger partial charge is 0.221 e. The number of rotatable bonds is 6. The van der Waals surface area contributed by atoms with Crippen molar-refractivity contribution < 1.29 is 17.6 Å². The van der Waals surface area contributed by atoms with Gasteiger partial charge in [-0.2, -0.15) is 0 Å². The number of hydrogen-bond acceptors (Lipinski definition) is 3. The second-order valence-corrected chi connectivity index (χ2v) is 5.93. The average molecular weight is 288 g/mol. The average Bonchev–Trinajstić information content (AvgIpc) is 2.27. The molecular formula is C12H17FN2O3S. The minimum absolute atomic E-state index is 0.0352. The van der Waals surface area contributed by atoms with Crippen molar-refractivity contribution in [3.05, 3.63) is 35.6 Å². The molecule has 0 aliphatic rings. The Morgan fingerprint density at radius 2 is 1.89 bits per heavy atom. The lowest BCUT2D eigenvalue weighted by atomic mass is 10.0. The highest BCUT2D eigenvalue weighted by molar-refractivity contribution is 7.88. The van der Waals surface area contributed by atoms with Crippen LogP contribution in [-0.4, -0.2) is 27.1 Å². The zero-order valence-electron chi connectivity index (χ0n) is 10.8. The van der Waals surface area contributed by atoms with Gasteiger partial charge in [0.1, 0.15) is 5.82 Å². The lowest BCUT2D eigenvalue weighted by Crippen LogP contribution is -2.33. The molecule has 0 saturated heterocycles. The molecule has 1 aromatic carbocycles. The van der Waals surface area contributed by atoms with Crippen LogP contribution in [0.3, 0.4) is 0 Å². The van der Waals surface area contributed by atoms with E-state index in [-0.39, 0.29) is 12.3 Å². The number of amides is 1. The summed E-state index contributed by atoms with van der Waals surface area (Å²) in [4.78, 5) is 11.6. The van der Waals surface area contributed by atoms with E-state index in [1.54, 1.807) is 6.92 Å². The molecule has 1 atom stereocenters. The summed E-state index contributed by atoms with van der Waals surface area (Å²) in [7, 11) is -3.47. The molecule has 0 saturated carbocycles. The topological polar surface area (TPSA) is 75.3 Å². The number of sulfonamides is 1. The molecule has 0 aliphatic heterocycles. The molecule has 0 aromatic heterocycles. The summed E-state index contributed by atoms with van der Waals surface area (Å²) in [6, 6.07) is 4.66. The van der Waals surface area contributed by atoms with Crippen molar-refractivity contribution in [3.8, 4) is 0 Å². The van der Waals surface area contributed by atoms with E-state index in [9.17, 15) is 17.6 Å². The molecule has 7 heteroatoms. The van der Waals surface area contributed by atoms with E-state index in [4.69, 9.17) is 0 Å². The van der Waals surface area contributed by atoms with Gasteiger partial charge in [0.15, 0.2) is 0 Å². The Hall–Kier alpha value is -1.47. The molecule has 1 aromatic rings. The lowest BCUT2D eigenvalue weighted by Gasteiger charge is -2.17. The van der Waals surface area contributed by atoms with Crippen LogP contribution in [0.5, 0.6) is 0 Å². The molecule has 0 heterocycles. The van der Waals surface area contributed by atoms with Crippen LogP contribution in [0.1, 0.15) is 24.9 Å². The van der Waals surface area contributed by atoms with E-state index >= 15 is 0 Å². The van der Waals surface area contributed by atoms with Crippen LogP contribution in [0.2, 0.25) is 0 Å². The molecule has 2 N–H and O–H groups in total. The second-order valence-electron chi connectivity index (χ2n) is 4.15. The Morgan fingerprint density at radius 3 is 2.37 bits per heavy atom. The summed E-state index contributed by atoms with van der Waals surface area (Å²) >= 11 is 0. The van der Waals surface area contributed by atoms with E-state index in [1.807, 2.05) is 0 Å². The summed E-state index contributed by atoms with van der Waals surface area (Å²) in [6.07, 6.45) is 0.980. The van der Waals surface area contributed by atoms with Gasteiger partial charge in [0.2, 0.25) is 15.9 Å². The van der Waals surface area contributed by atoms with Crippen molar-refractivity contribution in [2.45, 2.75) is 19.4 Å². The summed E-state index contributed by atoms with van der Waals surface area (Å²) in [5, 5.41) is 2.60. The first-order chi connectivity index (χ1) is 8.81. The zero-order chi connectivity index (χ0) is 14.5. The van der Waals surface area contributed by atoms with E-state index in [1.165, 1.54) is 24.3 Å². The van der Waals surface area contributed by atoms with Crippen LogP contribution >= 0.6 is 0 Å². The number of carbonyl (C=O) groups is 1. The van der Waals surface area contributed by atoms with Gasteiger partial charge in [-0.25, -0.2) is 17.5 Å². The Morgan fingerprint density at radius 1 is 1.32 bits per heavy atom. The molecule has 0 aliphatic carbocycles. The van der Waals surface area contributed by atoms with Crippen LogP contribution in [0.25, 0.3) is 0 Å². The van der Waals surface area contributed by atoms with Gasteiger partial charge in [-0.1, -0.05) is 12.1 Å². The fourth-order valence-corrected chi connectivity index (χ4v) is 2.37. The third-order valence-corrected chi connectivity index (χ3v) is 3.10. The third kappa shape index (κ3) is 5.80. The fraction of sp³-hybridized carbons (Fsp3) is 0.417. The number of benzene rings is 1. The summed E-state index contributed by atoms with van der Waals surface area (Å²) in [6.45, 7) is 2.24. The maximum atomic E-state index is 12.9. The Bertz CT molecular complexity index is 528. The number of hydrogen-bond donors (Lipinski definition) is 2. The van der Waals surface area contributed by atoms with Gasteiger partial charge >= 0.3 is 0 Å². The van der Waals surface area contributed by atoms with Crippen LogP contribution in [-0.2, 0) is 14.8 Å². The molecule has 0 spiro atoms. The van der Waals surface area contributed by atoms with Crippen molar-refractivity contribution >= 4 is 15.9 Å². The predicted octanol–water partition coefficient (Wildman–Crippen LogP) is 0.942. The van der Waals surface area contributed by atoms with Crippen molar-refractivity contribution in [3.63, 3.8) is 0 Å². The van der Waals surface area contributed by atoms with Crippen LogP contribution in [0.4, 0.5) is 4.39 Å². The van der Waals surface area contributed by atoms with Crippen LogP contribution in [0, 0.1) is 5.82 Å². The molecule has 0 radical (unpaired) electrons. The van der Waals surface area contributed by atoms with Gasteiger partial charge in [0, 0.05) is 13.0 Å². The molecule has 1 rings (SSSR count). The van der Waals surface area contributed by atoms with E-state index in [2.05, 4.69) is 10.0 Å². The van der Waals surface area contributed by atoms with Gasteiger partial charge in [-0.3, -0.25) is 4.79 Å². The standard InChI is InChI=1S/C12H17FN2O3S/c1-3-14-12(16)8-11(15-19(2,17)18)9-4-6-10(13)7-5-9/h4-7,11,15H,3,8H2,1-2H3,(H,14,16). The van der Waals surface area contributed by atoms with Crippen molar-refractivity contribution in [1.29, 1.82) is 0 Å². The molecule has 0 fully saturated rings. The van der Waals surface area contributed by atoms with Crippen molar-refractivity contribution in [1.82, 2.24) is 10.0 Å².